The fourth-order valence-corrected chi connectivity index (χ4v) is 6.76. The van der Waals surface area contributed by atoms with Gasteiger partial charge in [0, 0.05) is 17.8 Å². The fraction of sp³-hybridized carbons (Fsp3) is 0.750. The molecule has 0 aromatic heterocycles. The summed E-state index contributed by atoms with van der Waals surface area (Å²) in [6.45, 7) is 2.30. The first-order valence-corrected chi connectivity index (χ1v) is 9.12. The lowest BCUT2D eigenvalue weighted by atomic mass is 9.52. The molecule has 5 rings (SSSR count). The van der Waals surface area contributed by atoms with Gasteiger partial charge in [-0.3, -0.25) is 4.79 Å². The molecular formula is C20H26O2. The van der Waals surface area contributed by atoms with E-state index < -0.39 is 0 Å². The second kappa shape index (κ2) is 4.27. The summed E-state index contributed by atoms with van der Waals surface area (Å²) in [5, 5.41) is 0. The van der Waals surface area contributed by atoms with Gasteiger partial charge >= 0.3 is 0 Å². The Kier molecular flexibility index (Phi) is 2.60. The Balaban J connectivity index is 1.50. The highest BCUT2D eigenvalue weighted by molar-refractivity contribution is 5.92. The summed E-state index contributed by atoms with van der Waals surface area (Å²) in [4.78, 5) is 12.7. The first kappa shape index (κ1) is 13.4. The number of Topliss-reactive ketones (excluding diaryl/α,β-unsaturated/α-hetero) is 1. The quantitative estimate of drug-likeness (QED) is 0.728. The predicted octanol–water partition coefficient (Wildman–Crippen LogP) is 4.12. The van der Waals surface area contributed by atoms with Gasteiger partial charge in [0.15, 0.2) is 0 Å². The average molecular weight is 298 g/mol. The Bertz CT molecular complexity index is 601. The maximum absolute atomic E-state index is 12.7. The van der Waals surface area contributed by atoms with E-state index in [1.54, 1.807) is 7.11 Å². The number of hydrogen-bond donors (Lipinski definition) is 0. The standard InChI is InChI=1S/C20H26O2/c1-20-8-7-14-13-6-4-12(22-2)9-11(13)3-5-15(14)18(20)16-10-17(16)19(20)21/h3,9,13-18H,4-8,10H2,1-2H3/t13-,14?,15?,16+,17-,18?,20-/m0/s1. The molecule has 118 valence electrons. The minimum Gasteiger partial charge on any atom is -0.501 e. The molecule has 22 heavy (non-hydrogen) atoms. The van der Waals surface area contributed by atoms with E-state index in [-0.39, 0.29) is 5.41 Å². The minimum atomic E-state index is 0.0300. The first-order chi connectivity index (χ1) is 10.6. The largest absolute Gasteiger partial charge is 0.501 e. The van der Waals surface area contributed by atoms with Gasteiger partial charge in [0.2, 0.25) is 0 Å². The van der Waals surface area contributed by atoms with E-state index in [4.69, 9.17) is 4.74 Å². The smallest absolute Gasteiger partial charge is 0.142 e. The molecule has 0 bridgehead atoms. The molecule has 0 saturated heterocycles. The maximum Gasteiger partial charge on any atom is 0.142 e. The second-order valence-corrected chi connectivity index (χ2v) is 8.58. The van der Waals surface area contributed by atoms with E-state index in [1.807, 2.05) is 0 Å². The summed E-state index contributed by atoms with van der Waals surface area (Å²) in [5.74, 6) is 5.98. The molecule has 0 aromatic rings. The van der Waals surface area contributed by atoms with E-state index in [0.29, 0.717) is 17.6 Å². The lowest BCUT2D eigenvalue weighted by Crippen LogP contribution is -2.47. The highest BCUT2D eigenvalue weighted by atomic mass is 16.5. The van der Waals surface area contributed by atoms with Gasteiger partial charge in [0.1, 0.15) is 5.78 Å². The normalized spacial score (nSPS) is 51.8. The zero-order valence-electron chi connectivity index (χ0n) is 13.7. The monoisotopic (exact) mass is 298 g/mol. The highest BCUT2D eigenvalue weighted by Crippen LogP contribution is 2.70. The molecule has 3 fully saturated rings. The molecule has 2 heteroatoms. The van der Waals surface area contributed by atoms with Gasteiger partial charge in [0.05, 0.1) is 12.9 Å². The Morgan fingerprint density at radius 1 is 1.18 bits per heavy atom. The molecule has 0 N–H and O–H groups in total. The van der Waals surface area contributed by atoms with Gasteiger partial charge in [-0.25, -0.2) is 0 Å². The number of rotatable bonds is 1. The van der Waals surface area contributed by atoms with Crippen molar-refractivity contribution >= 4 is 5.78 Å². The van der Waals surface area contributed by atoms with Crippen LogP contribution in [-0.4, -0.2) is 12.9 Å². The van der Waals surface area contributed by atoms with Crippen LogP contribution in [0.2, 0.25) is 0 Å². The molecule has 0 heterocycles. The summed E-state index contributed by atoms with van der Waals surface area (Å²) in [6.07, 6.45) is 11.9. The van der Waals surface area contributed by atoms with Crippen LogP contribution in [-0.2, 0) is 9.53 Å². The van der Waals surface area contributed by atoms with Gasteiger partial charge < -0.3 is 4.74 Å². The first-order valence-electron chi connectivity index (χ1n) is 9.12. The van der Waals surface area contributed by atoms with Crippen molar-refractivity contribution in [2.45, 2.75) is 45.4 Å². The molecule has 0 aliphatic heterocycles. The molecule has 0 amide bonds. The van der Waals surface area contributed by atoms with Crippen LogP contribution >= 0.6 is 0 Å². The number of carbonyl (C=O) groups excluding carboxylic acids is 1. The van der Waals surface area contributed by atoms with Gasteiger partial charge in [-0.05, 0) is 73.3 Å². The SMILES string of the molecule is COC1=CC2=CCC3C(CC[C@]4(C)C(=O)[C@H]5C[C@H]5C34)[C@H]2CC1. The average Bonchev–Trinajstić information content (AvgIpc) is 3.28. The Morgan fingerprint density at radius 3 is 2.86 bits per heavy atom. The topological polar surface area (TPSA) is 26.3 Å². The van der Waals surface area contributed by atoms with Crippen LogP contribution in [0.5, 0.6) is 0 Å². The minimum absolute atomic E-state index is 0.0300. The molecule has 7 atom stereocenters. The van der Waals surface area contributed by atoms with E-state index in [2.05, 4.69) is 19.1 Å². The Labute approximate surface area is 133 Å². The number of allylic oxidation sites excluding steroid dienone is 4. The molecular weight excluding hydrogens is 272 g/mol. The highest BCUT2D eigenvalue weighted by Gasteiger charge is 2.69. The second-order valence-electron chi connectivity index (χ2n) is 8.58. The van der Waals surface area contributed by atoms with Gasteiger partial charge in [-0.1, -0.05) is 13.0 Å². The van der Waals surface area contributed by atoms with Gasteiger partial charge in [-0.15, -0.1) is 0 Å². The van der Waals surface area contributed by atoms with Crippen LogP contribution < -0.4 is 0 Å². The lowest BCUT2D eigenvalue weighted by molar-refractivity contribution is -0.133. The van der Waals surface area contributed by atoms with Crippen molar-refractivity contribution in [3.05, 3.63) is 23.5 Å². The lowest BCUT2D eigenvalue weighted by Gasteiger charge is -2.51. The number of ether oxygens (including phenoxy) is 1. The number of fused-ring (bicyclic) bond motifs is 7. The summed E-state index contributed by atoms with van der Waals surface area (Å²) in [7, 11) is 1.79. The van der Waals surface area contributed by atoms with Crippen LogP contribution in [0.1, 0.15) is 45.4 Å². The van der Waals surface area contributed by atoms with E-state index in [9.17, 15) is 4.79 Å². The van der Waals surface area contributed by atoms with Crippen molar-refractivity contribution < 1.29 is 9.53 Å². The molecule has 5 aliphatic rings. The third-order valence-electron chi connectivity index (χ3n) is 7.81. The van der Waals surface area contributed by atoms with Crippen LogP contribution in [0.4, 0.5) is 0 Å². The van der Waals surface area contributed by atoms with Gasteiger partial charge in [-0.2, -0.15) is 0 Å². The van der Waals surface area contributed by atoms with Crippen LogP contribution in [0, 0.1) is 40.9 Å². The molecule has 3 unspecified atom stereocenters. The van der Waals surface area contributed by atoms with Crippen molar-refractivity contribution in [2.75, 3.05) is 7.11 Å². The summed E-state index contributed by atoms with van der Waals surface area (Å²) < 4.78 is 5.47. The number of carbonyl (C=O) groups is 1. The molecule has 0 spiro atoms. The summed E-state index contributed by atoms with van der Waals surface area (Å²) in [6, 6.07) is 0. The number of methoxy groups -OCH3 is 1. The fourth-order valence-electron chi connectivity index (χ4n) is 6.76. The number of ketones is 1. The zero-order valence-corrected chi connectivity index (χ0v) is 13.7. The predicted molar refractivity (Wildman–Crippen MR) is 84.9 cm³/mol. The maximum atomic E-state index is 12.7. The molecule has 0 aromatic carbocycles. The van der Waals surface area contributed by atoms with E-state index in [1.165, 1.54) is 31.3 Å². The zero-order chi connectivity index (χ0) is 15.1. The third kappa shape index (κ3) is 1.54. The summed E-state index contributed by atoms with van der Waals surface area (Å²) >= 11 is 0. The van der Waals surface area contributed by atoms with E-state index in [0.717, 1.165) is 42.3 Å². The Morgan fingerprint density at radius 2 is 2.05 bits per heavy atom. The van der Waals surface area contributed by atoms with E-state index >= 15 is 0 Å². The molecule has 0 radical (unpaired) electrons. The third-order valence-corrected chi connectivity index (χ3v) is 7.81. The van der Waals surface area contributed by atoms with Crippen molar-refractivity contribution in [3.8, 4) is 0 Å². The van der Waals surface area contributed by atoms with Crippen LogP contribution in [0.25, 0.3) is 0 Å². The Hall–Kier alpha value is -1.05. The summed E-state index contributed by atoms with van der Waals surface area (Å²) in [5.41, 5.74) is 1.56. The molecule has 5 aliphatic carbocycles. The van der Waals surface area contributed by atoms with Crippen molar-refractivity contribution in [1.82, 2.24) is 0 Å². The van der Waals surface area contributed by atoms with Crippen LogP contribution in [0.3, 0.4) is 0 Å². The molecule has 2 nitrogen and oxygen atoms in total. The van der Waals surface area contributed by atoms with Crippen LogP contribution in [0.15, 0.2) is 23.5 Å². The number of hydrogen-bond acceptors (Lipinski definition) is 2. The van der Waals surface area contributed by atoms with Crippen molar-refractivity contribution in [3.63, 3.8) is 0 Å². The molecule has 3 saturated carbocycles. The van der Waals surface area contributed by atoms with Crippen molar-refractivity contribution in [1.29, 1.82) is 0 Å². The van der Waals surface area contributed by atoms with Crippen molar-refractivity contribution in [2.24, 2.45) is 40.9 Å². The van der Waals surface area contributed by atoms with Gasteiger partial charge in [0.25, 0.3) is 0 Å².